The minimum Gasteiger partial charge on any atom is -0.497 e. The highest BCUT2D eigenvalue weighted by Crippen LogP contribution is 2.46. The number of thioether (sulfide) groups is 4. The predicted octanol–water partition coefficient (Wildman–Crippen LogP) is 2.96. The molecule has 0 saturated carbocycles. The molecule has 2 heterocycles. The Kier molecular flexibility index (Phi) is 11.3. The molecule has 0 aromatic heterocycles. The van der Waals surface area contributed by atoms with Crippen molar-refractivity contribution < 1.29 is 23.9 Å². The summed E-state index contributed by atoms with van der Waals surface area (Å²) in [6.45, 7) is 0.491. The van der Waals surface area contributed by atoms with E-state index >= 15 is 0 Å². The van der Waals surface area contributed by atoms with E-state index in [4.69, 9.17) is 26.4 Å². The van der Waals surface area contributed by atoms with Crippen molar-refractivity contribution in [3.05, 3.63) is 70.3 Å². The minimum absolute atomic E-state index is 0.0172. The lowest BCUT2D eigenvalue weighted by Gasteiger charge is -2.49. The summed E-state index contributed by atoms with van der Waals surface area (Å²) in [5, 5.41) is 9.98. The molecule has 10 nitrogen and oxygen atoms in total. The Balaban J connectivity index is 1.56. The Labute approximate surface area is 255 Å². The predicted molar refractivity (Wildman–Crippen MR) is 167 cm³/mol. The fourth-order valence-electron chi connectivity index (χ4n) is 4.07. The zero-order chi connectivity index (χ0) is 29.4. The van der Waals surface area contributed by atoms with Crippen molar-refractivity contribution in [2.45, 2.75) is 28.7 Å². The normalized spacial score (nSPS) is 17.9. The van der Waals surface area contributed by atoms with E-state index in [1.54, 1.807) is 19.2 Å². The maximum absolute atomic E-state index is 13.6. The third-order valence-corrected chi connectivity index (χ3v) is 10.5. The van der Waals surface area contributed by atoms with Gasteiger partial charge in [-0.2, -0.15) is 11.8 Å². The average molecular weight is 634 g/mol. The SMILES string of the molecule is COc1ccc(COC(=O)C2=C(Sc3ccccc3CSC(=N)N)CS[C@@H]3[C@H](NC(=O)CSCCN)C(=O)N23)cc1. The van der Waals surface area contributed by atoms with Gasteiger partial charge in [-0.15, -0.1) is 11.8 Å². The summed E-state index contributed by atoms with van der Waals surface area (Å²) in [4.78, 5) is 42.3. The molecule has 0 aliphatic carbocycles. The highest BCUT2D eigenvalue weighted by atomic mass is 32.2. The van der Waals surface area contributed by atoms with E-state index in [9.17, 15) is 14.4 Å². The van der Waals surface area contributed by atoms with Crippen LogP contribution in [0.2, 0.25) is 0 Å². The summed E-state index contributed by atoms with van der Waals surface area (Å²) in [6.07, 6.45) is 0. The third-order valence-electron chi connectivity index (χ3n) is 6.06. The van der Waals surface area contributed by atoms with Crippen LogP contribution in [0, 0.1) is 5.41 Å². The lowest BCUT2D eigenvalue weighted by Crippen LogP contribution is -2.70. The first-order chi connectivity index (χ1) is 19.8. The molecule has 0 bridgehead atoms. The molecule has 6 N–H and O–H groups in total. The first-order valence-electron chi connectivity index (χ1n) is 12.6. The van der Waals surface area contributed by atoms with E-state index < -0.39 is 17.4 Å². The Morgan fingerprint density at radius 1 is 1.20 bits per heavy atom. The van der Waals surface area contributed by atoms with Crippen molar-refractivity contribution in [3.8, 4) is 5.75 Å². The molecule has 2 atom stereocenters. The number of hydrogen-bond acceptors (Lipinski definition) is 11. The van der Waals surface area contributed by atoms with Crippen LogP contribution in [0.5, 0.6) is 5.75 Å². The Morgan fingerprint density at radius 2 is 1.95 bits per heavy atom. The zero-order valence-corrected chi connectivity index (χ0v) is 25.6. The maximum atomic E-state index is 13.6. The van der Waals surface area contributed by atoms with Gasteiger partial charge in [0.1, 0.15) is 29.5 Å². The average Bonchev–Trinajstić information content (AvgIpc) is 2.98. The molecular formula is C27H31N5O5S4. The van der Waals surface area contributed by atoms with E-state index in [1.165, 1.54) is 51.9 Å². The topological polar surface area (TPSA) is 161 Å². The van der Waals surface area contributed by atoms with Gasteiger partial charge in [-0.05, 0) is 29.3 Å². The standard InChI is InChI=1S/C27H31N5O5S4/c1-36-18-8-6-16(7-9-18)12-37-26(35)23-20(41-19-5-3-2-4-17(19)13-40-27(29)30)14-39-25-22(24(34)32(23)25)31-21(33)15-38-11-10-28/h2-9,22,25H,10-15,28H2,1H3,(H3,29,30)(H,31,33)/t22-,25-/m1/s1. The fourth-order valence-corrected chi connectivity index (χ4v) is 7.90. The summed E-state index contributed by atoms with van der Waals surface area (Å²) in [5.74, 6) is 1.29. The molecule has 14 heteroatoms. The van der Waals surface area contributed by atoms with Gasteiger partial charge in [0, 0.05) is 33.6 Å². The number of amides is 2. The number of amidine groups is 1. The number of hydrogen-bond donors (Lipinski definition) is 4. The van der Waals surface area contributed by atoms with Crippen LogP contribution in [0.1, 0.15) is 11.1 Å². The van der Waals surface area contributed by atoms with Gasteiger partial charge in [0.2, 0.25) is 5.91 Å². The number of nitrogens with zero attached hydrogens (tertiary/aromatic N) is 1. The van der Waals surface area contributed by atoms with Crippen LogP contribution in [0.15, 0.2) is 64.0 Å². The highest BCUT2D eigenvalue weighted by Gasteiger charge is 2.54. The van der Waals surface area contributed by atoms with Crippen molar-refractivity contribution in [2.24, 2.45) is 11.5 Å². The second kappa shape index (κ2) is 14.9. The van der Waals surface area contributed by atoms with Gasteiger partial charge in [-0.3, -0.25) is 19.9 Å². The van der Waals surface area contributed by atoms with Gasteiger partial charge < -0.3 is 26.3 Å². The Bertz CT molecular complexity index is 1320. The smallest absolute Gasteiger partial charge is 0.356 e. The molecule has 0 spiro atoms. The van der Waals surface area contributed by atoms with Crippen LogP contribution >= 0.6 is 47.0 Å². The number of fused-ring (bicyclic) bond motifs is 1. The van der Waals surface area contributed by atoms with Crippen LogP contribution in [0.3, 0.4) is 0 Å². The van der Waals surface area contributed by atoms with Crippen molar-refractivity contribution in [1.82, 2.24) is 10.2 Å². The summed E-state index contributed by atoms with van der Waals surface area (Å²) in [5.41, 5.74) is 13.0. The van der Waals surface area contributed by atoms with E-state index in [0.717, 1.165) is 16.0 Å². The van der Waals surface area contributed by atoms with Crippen LogP contribution < -0.4 is 21.5 Å². The van der Waals surface area contributed by atoms with E-state index in [-0.39, 0.29) is 35.0 Å². The van der Waals surface area contributed by atoms with Gasteiger partial charge in [0.05, 0.1) is 12.9 Å². The first kappa shape index (κ1) is 31.2. The summed E-state index contributed by atoms with van der Waals surface area (Å²) < 4.78 is 10.9. The number of ether oxygens (including phenoxy) is 2. The van der Waals surface area contributed by atoms with Crippen molar-refractivity contribution in [2.75, 3.05) is 30.9 Å². The second-order valence-corrected chi connectivity index (χ2v) is 13.2. The first-order valence-corrected chi connectivity index (χ1v) is 16.6. The molecule has 41 heavy (non-hydrogen) atoms. The van der Waals surface area contributed by atoms with Crippen molar-refractivity contribution in [1.29, 1.82) is 5.41 Å². The van der Waals surface area contributed by atoms with Gasteiger partial charge in [-0.25, -0.2) is 4.79 Å². The number of nitrogens with one attached hydrogen (secondary N) is 2. The maximum Gasteiger partial charge on any atom is 0.356 e. The quantitative estimate of drug-likeness (QED) is 0.0844. The molecule has 2 aliphatic rings. The van der Waals surface area contributed by atoms with Gasteiger partial charge in [0.25, 0.3) is 5.91 Å². The summed E-state index contributed by atoms with van der Waals surface area (Å²) in [7, 11) is 1.58. The molecular weight excluding hydrogens is 603 g/mol. The third kappa shape index (κ3) is 7.95. The van der Waals surface area contributed by atoms with Gasteiger partial charge >= 0.3 is 5.97 Å². The number of carbonyl (C=O) groups excluding carboxylic acids is 3. The largest absolute Gasteiger partial charge is 0.497 e. The molecule has 1 saturated heterocycles. The Morgan fingerprint density at radius 3 is 2.66 bits per heavy atom. The van der Waals surface area contributed by atoms with Crippen LogP contribution in [-0.2, 0) is 31.5 Å². The van der Waals surface area contributed by atoms with Crippen molar-refractivity contribution >= 4 is 70.0 Å². The number of methoxy groups -OCH3 is 1. The molecule has 2 aromatic rings. The number of benzene rings is 2. The monoisotopic (exact) mass is 633 g/mol. The molecule has 218 valence electrons. The van der Waals surface area contributed by atoms with E-state index in [1.807, 2.05) is 36.4 Å². The molecule has 4 rings (SSSR count). The summed E-state index contributed by atoms with van der Waals surface area (Å²) in [6, 6.07) is 14.1. The molecule has 2 amide bonds. The van der Waals surface area contributed by atoms with Crippen LogP contribution in [0.25, 0.3) is 0 Å². The number of carbonyl (C=O) groups is 3. The minimum atomic E-state index is -0.721. The Hall–Kier alpha value is -2.78. The second-order valence-electron chi connectivity index (χ2n) is 8.85. The summed E-state index contributed by atoms with van der Waals surface area (Å²) >= 11 is 5.50. The van der Waals surface area contributed by atoms with E-state index in [0.29, 0.717) is 34.5 Å². The van der Waals surface area contributed by atoms with E-state index in [2.05, 4.69) is 5.32 Å². The van der Waals surface area contributed by atoms with Crippen LogP contribution in [0.4, 0.5) is 0 Å². The molecule has 0 radical (unpaired) electrons. The zero-order valence-electron chi connectivity index (χ0n) is 22.3. The number of nitrogens with two attached hydrogens (primary N) is 2. The van der Waals surface area contributed by atoms with Gasteiger partial charge in [0.15, 0.2) is 5.17 Å². The molecule has 2 aliphatic heterocycles. The molecule has 1 fully saturated rings. The lowest BCUT2D eigenvalue weighted by atomic mass is 10.1. The number of esters is 1. The van der Waals surface area contributed by atoms with Crippen LogP contribution in [-0.4, -0.2) is 70.2 Å². The van der Waals surface area contributed by atoms with Gasteiger partial charge in [-0.1, -0.05) is 53.9 Å². The molecule has 2 aromatic carbocycles. The lowest BCUT2D eigenvalue weighted by molar-refractivity contribution is -0.153. The molecule has 0 unspecified atom stereocenters. The highest BCUT2D eigenvalue weighted by molar-refractivity contribution is 8.13. The fraction of sp³-hybridized carbons (Fsp3) is 0.333. The number of β-lactam (4-membered cyclic amide) rings is 1. The number of rotatable bonds is 13. The van der Waals surface area contributed by atoms with Crippen molar-refractivity contribution in [3.63, 3.8) is 0 Å².